The number of hydrogen-bond donors (Lipinski definition) is 0. The first-order chi connectivity index (χ1) is 8.75. The molecule has 92 valence electrons. The lowest BCUT2D eigenvalue weighted by Crippen LogP contribution is -2.23. The summed E-state index contributed by atoms with van der Waals surface area (Å²) in [6, 6.07) is 13.6. The molecular formula is C16H15FO. The average Bonchev–Trinajstić information content (AvgIpc) is 2.35. The van der Waals surface area contributed by atoms with Gasteiger partial charge in [-0.3, -0.25) is 0 Å². The number of halogens is 1. The van der Waals surface area contributed by atoms with Crippen molar-refractivity contribution in [2.24, 2.45) is 0 Å². The fourth-order valence-electron chi connectivity index (χ4n) is 2.43. The van der Waals surface area contributed by atoms with Gasteiger partial charge in [0, 0.05) is 5.92 Å². The van der Waals surface area contributed by atoms with Crippen molar-refractivity contribution >= 4 is 0 Å². The Hall–Kier alpha value is -1.83. The van der Waals surface area contributed by atoms with E-state index in [1.807, 2.05) is 12.1 Å². The second kappa shape index (κ2) is 4.45. The first-order valence-electron chi connectivity index (χ1n) is 6.21. The Kier molecular flexibility index (Phi) is 2.78. The molecule has 1 aliphatic carbocycles. The topological polar surface area (TPSA) is 9.23 Å². The molecule has 0 N–H and O–H groups in total. The van der Waals surface area contributed by atoms with Gasteiger partial charge < -0.3 is 4.74 Å². The van der Waals surface area contributed by atoms with Gasteiger partial charge in [-0.25, -0.2) is 4.39 Å². The average molecular weight is 242 g/mol. The molecule has 1 aliphatic rings. The van der Waals surface area contributed by atoms with Gasteiger partial charge in [0.05, 0.1) is 6.61 Å². The summed E-state index contributed by atoms with van der Waals surface area (Å²) in [5.41, 5.74) is 3.35. The quantitative estimate of drug-likeness (QED) is 0.794. The molecule has 3 rings (SSSR count). The summed E-state index contributed by atoms with van der Waals surface area (Å²) >= 11 is 0. The molecule has 0 aromatic heterocycles. The fraction of sp³-hybridized carbons (Fsp3) is 0.250. The zero-order valence-corrected chi connectivity index (χ0v) is 10.3. The second-order valence-corrected chi connectivity index (χ2v) is 4.80. The van der Waals surface area contributed by atoms with Gasteiger partial charge in [-0.15, -0.1) is 0 Å². The number of aryl methyl sites for hydroxylation is 1. The van der Waals surface area contributed by atoms with Crippen LogP contribution in [-0.2, 0) is 6.42 Å². The monoisotopic (exact) mass is 242 g/mol. The highest BCUT2D eigenvalue weighted by atomic mass is 19.1. The van der Waals surface area contributed by atoms with Crippen LogP contribution in [0.2, 0.25) is 0 Å². The van der Waals surface area contributed by atoms with Crippen molar-refractivity contribution in [3.63, 3.8) is 0 Å². The van der Waals surface area contributed by atoms with Crippen molar-refractivity contribution in [3.05, 3.63) is 65.0 Å². The molecular weight excluding hydrogens is 227 g/mol. The van der Waals surface area contributed by atoms with Crippen LogP contribution in [0.4, 0.5) is 4.39 Å². The van der Waals surface area contributed by atoms with Crippen LogP contribution in [0.1, 0.15) is 22.6 Å². The van der Waals surface area contributed by atoms with Gasteiger partial charge in [0.2, 0.25) is 0 Å². The van der Waals surface area contributed by atoms with Crippen LogP contribution in [0.25, 0.3) is 0 Å². The van der Waals surface area contributed by atoms with E-state index in [-0.39, 0.29) is 5.82 Å². The maximum Gasteiger partial charge on any atom is 0.167 e. The minimum atomic E-state index is -0.245. The molecule has 1 atom stereocenters. The lowest BCUT2D eigenvalue weighted by atomic mass is 9.78. The maximum absolute atomic E-state index is 13.7. The van der Waals surface area contributed by atoms with E-state index in [4.69, 9.17) is 4.74 Å². The Morgan fingerprint density at radius 2 is 2.00 bits per heavy atom. The van der Waals surface area contributed by atoms with E-state index in [2.05, 4.69) is 18.2 Å². The zero-order valence-electron chi connectivity index (χ0n) is 10.3. The molecule has 2 heteroatoms. The number of rotatable bonds is 3. The summed E-state index contributed by atoms with van der Waals surface area (Å²) in [5, 5.41) is 0. The zero-order chi connectivity index (χ0) is 12.5. The number of fused-ring (bicyclic) bond motifs is 1. The Balaban J connectivity index is 1.69. The molecule has 2 aromatic carbocycles. The van der Waals surface area contributed by atoms with E-state index >= 15 is 0 Å². The van der Waals surface area contributed by atoms with E-state index in [0.29, 0.717) is 23.8 Å². The third-order valence-corrected chi connectivity index (χ3v) is 3.56. The molecule has 0 saturated carbocycles. The van der Waals surface area contributed by atoms with E-state index < -0.39 is 0 Å². The van der Waals surface area contributed by atoms with Crippen molar-refractivity contribution in [1.29, 1.82) is 0 Å². The van der Waals surface area contributed by atoms with Crippen LogP contribution in [0.3, 0.4) is 0 Å². The smallest absolute Gasteiger partial charge is 0.167 e. The molecule has 0 amide bonds. The third-order valence-electron chi connectivity index (χ3n) is 3.56. The Labute approximate surface area is 106 Å². The Morgan fingerprint density at radius 1 is 1.17 bits per heavy atom. The number of benzene rings is 2. The molecule has 2 aromatic rings. The first-order valence-corrected chi connectivity index (χ1v) is 6.21. The highest BCUT2D eigenvalue weighted by Crippen LogP contribution is 2.35. The van der Waals surface area contributed by atoms with Crippen molar-refractivity contribution in [1.82, 2.24) is 0 Å². The second-order valence-electron chi connectivity index (χ2n) is 4.80. The Morgan fingerprint density at radius 3 is 2.83 bits per heavy atom. The van der Waals surface area contributed by atoms with E-state index in [0.717, 1.165) is 6.42 Å². The normalized spacial score (nSPS) is 16.9. The minimum absolute atomic E-state index is 0.245. The van der Waals surface area contributed by atoms with Gasteiger partial charge >= 0.3 is 0 Å². The Bertz CT molecular complexity index is 577. The van der Waals surface area contributed by atoms with Crippen LogP contribution in [0.15, 0.2) is 42.5 Å². The first kappa shape index (κ1) is 11.3. The molecule has 0 fully saturated rings. The summed E-state index contributed by atoms with van der Waals surface area (Å²) in [5.74, 6) is 0.519. The molecule has 0 aliphatic heterocycles. The van der Waals surface area contributed by atoms with Crippen LogP contribution in [-0.4, -0.2) is 6.61 Å². The van der Waals surface area contributed by atoms with Gasteiger partial charge in [0.15, 0.2) is 11.6 Å². The highest BCUT2D eigenvalue weighted by molar-refractivity contribution is 5.40. The molecule has 18 heavy (non-hydrogen) atoms. The maximum atomic E-state index is 13.7. The molecule has 1 unspecified atom stereocenters. The number of ether oxygens (including phenoxy) is 1. The lowest BCUT2D eigenvalue weighted by Gasteiger charge is -2.29. The summed E-state index contributed by atoms with van der Waals surface area (Å²) in [6.07, 6.45) is 1.03. The highest BCUT2D eigenvalue weighted by Gasteiger charge is 2.26. The van der Waals surface area contributed by atoms with E-state index in [9.17, 15) is 4.39 Å². The van der Waals surface area contributed by atoms with Crippen LogP contribution >= 0.6 is 0 Å². The third kappa shape index (κ3) is 1.88. The summed E-state index contributed by atoms with van der Waals surface area (Å²) in [6.45, 7) is 2.30. The standard InChI is InChI=1S/C16H15FO/c1-11-5-4-8-15(16(11)17)18-10-13-9-12-6-2-3-7-14(12)13/h2-8,13H,9-10H2,1H3. The van der Waals surface area contributed by atoms with Gasteiger partial charge in [-0.05, 0) is 36.1 Å². The summed E-state index contributed by atoms with van der Waals surface area (Å²) in [7, 11) is 0. The molecule has 0 radical (unpaired) electrons. The van der Waals surface area contributed by atoms with Gasteiger partial charge in [0.25, 0.3) is 0 Å². The summed E-state index contributed by atoms with van der Waals surface area (Å²) < 4.78 is 19.3. The molecule has 0 spiro atoms. The van der Waals surface area contributed by atoms with Gasteiger partial charge in [0.1, 0.15) is 0 Å². The van der Waals surface area contributed by atoms with Crippen molar-refractivity contribution in [2.45, 2.75) is 19.3 Å². The SMILES string of the molecule is Cc1cccc(OCC2Cc3ccccc32)c1F. The van der Waals surface area contributed by atoms with Crippen molar-refractivity contribution in [3.8, 4) is 5.75 Å². The predicted molar refractivity (Wildman–Crippen MR) is 69.5 cm³/mol. The van der Waals surface area contributed by atoms with E-state index in [1.165, 1.54) is 11.1 Å². The molecule has 0 bridgehead atoms. The largest absolute Gasteiger partial charge is 0.490 e. The van der Waals surface area contributed by atoms with Gasteiger partial charge in [-0.1, -0.05) is 36.4 Å². The lowest BCUT2D eigenvalue weighted by molar-refractivity contribution is 0.263. The minimum Gasteiger partial charge on any atom is -0.490 e. The van der Waals surface area contributed by atoms with Crippen LogP contribution in [0, 0.1) is 12.7 Å². The van der Waals surface area contributed by atoms with Crippen molar-refractivity contribution in [2.75, 3.05) is 6.61 Å². The fourth-order valence-corrected chi connectivity index (χ4v) is 2.43. The predicted octanol–water partition coefficient (Wildman–Crippen LogP) is 3.85. The molecule has 0 heterocycles. The van der Waals surface area contributed by atoms with Crippen LogP contribution in [0.5, 0.6) is 5.75 Å². The molecule has 1 nitrogen and oxygen atoms in total. The van der Waals surface area contributed by atoms with Gasteiger partial charge in [-0.2, -0.15) is 0 Å². The van der Waals surface area contributed by atoms with E-state index in [1.54, 1.807) is 19.1 Å². The molecule has 0 saturated heterocycles. The summed E-state index contributed by atoms with van der Waals surface area (Å²) in [4.78, 5) is 0. The number of hydrogen-bond acceptors (Lipinski definition) is 1. The van der Waals surface area contributed by atoms with Crippen LogP contribution < -0.4 is 4.74 Å². The van der Waals surface area contributed by atoms with Crippen molar-refractivity contribution < 1.29 is 9.13 Å².